The highest BCUT2D eigenvalue weighted by Crippen LogP contribution is 2.29. The maximum Gasteiger partial charge on any atom is 0.179 e. The Hall–Kier alpha value is -0.960. The minimum atomic E-state index is 0.399. The van der Waals surface area contributed by atoms with E-state index in [-0.39, 0.29) is 0 Å². The standard InChI is InChI=1S/C8H8ClNO2/c9-4-6-3-7-8(5-10-6)12-2-1-11-7/h3,5H,1-2,4H2. The number of alkyl halides is 1. The molecule has 4 heteroatoms. The van der Waals surface area contributed by atoms with E-state index in [9.17, 15) is 0 Å². The van der Waals surface area contributed by atoms with Crippen molar-refractivity contribution in [2.24, 2.45) is 0 Å². The molecule has 1 aromatic heterocycles. The van der Waals surface area contributed by atoms with Gasteiger partial charge in [0.25, 0.3) is 0 Å². The molecule has 0 bridgehead atoms. The molecular weight excluding hydrogens is 178 g/mol. The first-order valence-electron chi connectivity index (χ1n) is 3.70. The van der Waals surface area contributed by atoms with E-state index in [1.54, 1.807) is 6.20 Å². The zero-order valence-electron chi connectivity index (χ0n) is 6.42. The van der Waals surface area contributed by atoms with Crippen LogP contribution >= 0.6 is 11.6 Å². The third-order valence-electron chi connectivity index (χ3n) is 1.62. The second-order valence-electron chi connectivity index (χ2n) is 2.45. The molecule has 0 saturated carbocycles. The van der Waals surface area contributed by atoms with Gasteiger partial charge in [0.15, 0.2) is 11.5 Å². The highest BCUT2D eigenvalue weighted by molar-refractivity contribution is 6.16. The van der Waals surface area contributed by atoms with Gasteiger partial charge in [-0.15, -0.1) is 11.6 Å². The number of ether oxygens (including phenoxy) is 2. The Balaban J connectivity index is 2.36. The monoisotopic (exact) mass is 185 g/mol. The molecule has 0 aliphatic carbocycles. The molecule has 0 amide bonds. The third-order valence-corrected chi connectivity index (χ3v) is 1.90. The summed E-state index contributed by atoms with van der Waals surface area (Å²) in [5.74, 6) is 1.85. The number of hydrogen-bond acceptors (Lipinski definition) is 3. The minimum Gasteiger partial charge on any atom is -0.486 e. The zero-order chi connectivity index (χ0) is 8.39. The SMILES string of the molecule is ClCc1cc2c(cn1)OCCO2. The van der Waals surface area contributed by atoms with Crippen LogP contribution in [0.25, 0.3) is 0 Å². The normalized spacial score (nSPS) is 14.4. The molecule has 64 valence electrons. The lowest BCUT2D eigenvalue weighted by Gasteiger charge is -2.17. The quantitative estimate of drug-likeness (QED) is 0.623. The van der Waals surface area contributed by atoms with Gasteiger partial charge in [0.05, 0.1) is 17.8 Å². The van der Waals surface area contributed by atoms with Gasteiger partial charge >= 0.3 is 0 Å². The minimum absolute atomic E-state index is 0.399. The van der Waals surface area contributed by atoms with Gasteiger partial charge in [0.2, 0.25) is 0 Å². The van der Waals surface area contributed by atoms with Crippen LogP contribution in [-0.2, 0) is 5.88 Å². The van der Waals surface area contributed by atoms with Gasteiger partial charge in [0, 0.05) is 6.07 Å². The third kappa shape index (κ3) is 1.32. The summed E-state index contributed by atoms with van der Waals surface area (Å²) in [7, 11) is 0. The number of nitrogens with zero attached hydrogens (tertiary/aromatic N) is 1. The molecular formula is C8H8ClNO2. The Morgan fingerprint density at radius 3 is 2.83 bits per heavy atom. The van der Waals surface area contributed by atoms with E-state index in [4.69, 9.17) is 21.1 Å². The van der Waals surface area contributed by atoms with Crippen LogP contribution in [0.2, 0.25) is 0 Å². The zero-order valence-corrected chi connectivity index (χ0v) is 7.17. The summed E-state index contributed by atoms with van der Waals surface area (Å²) < 4.78 is 10.6. The predicted molar refractivity (Wildman–Crippen MR) is 44.8 cm³/mol. The summed E-state index contributed by atoms with van der Waals surface area (Å²) in [6.07, 6.45) is 1.65. The van der Waals surface area contributed by atoms with Crippen LogP contribution < -0.4 is 9.47 Å². The highest BCUT2D eigenvalue weighted by Gasteiger charge is 2.11. The number of fused-ring (bicyclic) bond motifs is 1. The lowest BCUT2D eigenvalue weighted by molar-refractivity contribution is 0.170. The topological polar surface area (TPSA) is 31.4 Å². The lowest BCUT2D eigenvalue weighted by Crippen LogP contribution is -2.15. The van der Waals surface area contributed by atoms with Crippen molar-refractivity contribution < 1.29 is 9.47 Å². The highest BCUT2D eigenvalue weighted by atomic mass is 35.5. The predicted octanol–water partition coefficient (Wildman–Crippen LogP) is 1.59. The molecule has 1 aliphatic rings. The largest absolute Gasteiger partial charge is 0.486 e. The Morgan fingerprint density at radius 2 is 2.08 bits per heavy atom. The summed E-state index contributed by atoms with van der Waals surface area (Å²) in [4.78, 5) is 4.07. The molecule has 0 saturated heterocycles. The molecule has 0 unspecified atom stereocenters. The van der Waals surface area contributed by atoms with Crippen molar-refractivity contribution >= 4 is 11.6 Å². The van der Waals surface area contributed by atoms with Crippen molar-refractivity contribution in [3.05, 3.63) is 18.0 Å². The van der Waals surface area contributed by atoms with E-state index < -0.39 is 0 Å². The summed E-state index contributed by atoms with van der Waals surface area (Å²) >= 11 is 5.61. The molecule has 0 spiro atoms. The Labute approximate surface area is 75.3 Å². The number of rotatable bonds is 1. The molecule has 0 radical (unpaired) electrons. The lowest BCUT2D eigenvalue weighted by atomic mass is 10.3. The fourth-order valence-electron chi connectivity index (χ4n) is 1.06. The average molecular weight is 186 g/mol. The van der Waals surface area contributed by atoms with Crippen LogP contribution in [0.4, 0.5) is 0 Å². The molecule has 12 heavy (non-hydrogen) atoms. The number of aromatic nitrogens is 1. The van der Waals surface area contributed by atoms with Crippen molar-refractivity contribution in [3.8, 4) is 11.5 Å². The van der Waals surface area contributed by atoms with Gasteiger partial charge in [-0.25, -0.2) is 0 Å². The van der Waals surface area contributed by atoms with Crippen molar-refractivity contribution in [2.75, 3.05) is 13.2 Å². The van der Waals surface area contributed by atoms with Crippen LogP contribution in [0.3, 0.4) is 0 Å². The smallest absolute Gasteiger partial charge is 0.179 e. The molecule has 0 fully saturated rings. The summed E-state index contributed by atoms with van der Waals surface area (Å²) in [6.45, 7) is 1.19. The van der Waals surface area contributed by atoms with Gasteiger partial charge in [-0.05, 0) is 0 Å². The van der Waals surface area contributed by atoms with Crippen molar-refractivity contribution in [1.29, 1.82) is 0 Å². The van der Waals surface area contributed by atoms with Gasteiger partial charge in [-0.1, -0.05) is 0 Å². The molecule has 1 aromatic rings. The molecule has 0 aromatic carbocycles. The molecule has 2 heterocycles. The van der Waals surface area contributed by atoms with Crippen LogP contribution in [0.5, 0.6) is 11.5 Å². The maximum absolute atomic E-state index is 5.61. The maximum atomic E-state index is 5.61. The Morgan fingerprint density at radius 1 is 1.33 bits per heavy atom. The van der Waals surface area contributed by atoms with Crippen LogP contribution in [0.1, 0.15) is 5.69 Å². The Kier molecular flexibility index (Phi) is 2.04. The van der Waals surface area contributed by atoms with Crippen molar-refractivity contribution in [1.82, 2.24) is 4.98 Å². The Bertz CT molecular complexity index is 290. The van der Waals surface area contributed by atoms with Gasteiger partial charge in [-0.2, -0.15) is 0 Å². The molecule has 0 atom stereocenters. The van der Waals surface area contributed by atoms with Crippen molar-refractivity contribution in [3.63, 3.8) is 0 Å². The van der Waals surface area contributed by atoms with Crippen LogP contribution in [-0.4, -0.2) is 18.2 Å². The molecule has 0 N–H and O–H groups in total. The van der Waals surface area contributed by atoms with E-state index in [1.807, 2.05) is 6.07 Å². The van der Waals surface area contributed by atoms with Gasteiger partial charge in [0.1, 0.15) is 13.2 Å². The molecule has 3 nitrogen and oxygen atoms in total. The first-order chi connectivity index (χ1) is 5.90. The van der Waals surface area contributed by atoms with E-state index in [1.165, 1.54) is 0 Å². The van der Waals surface area contributed by atoms with Crippen LogP contribution in [0.15, 0.2) is 12.3 Å². The average Bonchev–Trinajstić information content (AvgIpc) is 2.17. The fourth-order valence-corrected chi connectivity index (χ4v) is 1.21. The van der Waals surface area contributed by atoms with E-state index in [0.29, 0.717) is 24.8 Å². The second-order valence-corrected chi connectivity index (χ2v) is 2.72. The summed E-state index contributed by atoms with van der Waals surface area (Å²) in [6, 6.07) is 1.81. The van der Waals surface area contributed by atoms with Crippen LogP contribution in [0, 0.1) is 0 Å². The van der Waals surface area contributed by atoms with Crippen molar-refractivity contribution in [2.45, 2.75) is 5.88 Å². The number of pyridine rings is 1. The second kappa shape index (κ2) is 3.19. The summed E-state index contributed by atoms with van der Waals surface area (Å²) in [5.41, 5.74) is 0.806. The summed E-state index contributed by atoms with van der Waals surface area (Å²) in [5, 5.41) is 0. The first-order valence-corrected chi connectivity index (χ1v) is 4.24. The molecule has 2 rings (SSSR count). The number of hydrogen-bond donors (Lipinski definition) is 0. The van der Waals surface area contributed by atoms with Gasteiger partial charge in [-0.3, -0.25) is 4.98 Å². The van der Waals surface area contributed by atoms with E-state index in [0.717, 1.165) is 11.4 Å². The number of halogens is 1. The van der Waals surface area contributed by atoms with E-state index in [2.05, 4.69) is 4.98 Å². The van der Waals surface area contributed by atoms with Gasteiger partial charge < -0.3 is 9.47 Å². The van der Waals surface area contributed by atoms with E-state index >= 15 is 0 Å². The molecule has 1 aliphatic heterocycles. The fraction of sp³-hybridized carbons (Fsp3) is 0.375. The first kappa shape index (κ1) is 7.68.